The number of benzene rings is 4. The van der Waals surface area contributed by atoms with E-state index in [-0.39, 0.29) is 0 Å². The maximum atomic E-state index is 14.4. The van der Waals surface area contributed by atoms with E-state index in [2.05, 4.69) is 10.2 Å². The maximum absolute atomic E-state index is 14.4. The minimum atomic E-state index is -0.411. The van der Waals surface area contributed by atoms with Crippen molar-refractivity contribution in [3.8, 4) is 22.8 Å². The van der Waals surface area contributed by atoms with Crippen LogP contribution in [0.1, 0.15) is 0 Å². The van der Waals surface area contributed by atoms with E-state index >= 15 is 0 Å². The highest BCUT2D eigenvalue weighted by Gasteiger charge is 2.19. The van der Waals surface area contributed by atoms with Gasteiger partial charge >= 0.3 is 0 Å². The molecule has 194 valence electrons. The highest BCUT2D eigenvalue weighted by molar-refractivity contribution is 6.17. The first-order chi connectivity index (χ1) is 20.2. The fraction of sp³-hybridized carbons (Fsp3) is 0. The zero-order valence-electron chi connectivity index (χ0n) is 21.4. The molecule has 8 nitrogen and oxygen atoms in total. The average Bonchev–Trinajstić information content (AvgIpc) is 3.66. The molecule has 0 bridgehead atoms. The van der Waals surface area contributed by atoms with Gasteiger partial charge in [0, 0.05) is 33.6 Å². The normalized spacial score (nSPS) is 11.6. The van der Waals surface area contributed by atoms with Gasteiger partial charge in [0.05, 0.1) is 16.6 Å². The number of rotatable bonds is 3. The van der Waals surface area contributed by atoms with Crippen molar-refractivity contribution in [1.82, 2.24) is 24.3 Å². The van der Waals surface area contributed by atoms with Crippen molar-refractivity contribution in [2.75, 3.05) is 0 Å². The zero-order valence-corrected chi connectivity index (χ0v) is 21.4. The Hall–Kier alpha value is -5.89. The van der Waals surface area contributed by atoms with E-state index in [1.807, 2.05) is 83.4 Å². The molecule has 0 aliphatic carbocycles. The highest BCUT2D eigenvalue weighted by Crippen LogP contribution is 2.35. The van der Waals surface area contributed by atoms with Crippen LogP contribution in [0.2, 0.25) is 0 Å². The Morgan fingerprint density at radius 2 is 1.29 bits per heavy atom. The molecule has 0 aliphatic rings. The molecule has 0 fully saturated rings. The molecule has 0 amide bonds. The highest BCUT2D eigenvalue weighted by atomic mass is 16.4. The van der Waals surface area contributed by atoms with Gasteiger partial charge in [-0.2, -0.15) is 0 Å². The van der Waals surface area contributed by atoms with Crippen LogP contribution in [0.5, 0.6) is 0 Å². The second kappa shape index (κ2) is 8.82. The van der Waals surface area contributed by atoms with Crippen LogP contribution in [0, 0.1) is 0 Å². The summed E-state index contributed by atoms with van der Waals surface area (Å²) in [7, 11) is 0. The Bertz CT molecular complexity index is 2400. The van der Waals surface area contributed by atoms with E-state index in [4.69, 9.17) is 9.40 Å². The van der Waals surface area contributed by atoms with Gasteiger partial charge in [0.15, 0.2) is 0 Å². The van der Waals surface area contributed by atoms with E-state index in [1.54, 1.807) is 30.5 Å². The molecule has 0 aliphatic heterocycles. The lowest BCUT2D eigenvalue weighted by atomic mass is 10.0. The lowest BCUT2D eigenvalue weighted by Crippen LogP contribution is -2.28. The summed E-state index contributed by atoms with van der Waals surface area (Å²) in [6, 6.07) is 32.0. The third-order valence-electron chi connectivity index (χ3n) is 7.48. The number of fused-ring (bicyclic) bond motifs is 6. The molecule has 0 radical (unpaired) electrons. The number of nitrogens with zero attached hydrogens (tertiary/aromatic N) is 5. The largest absolute Gasteiger partial charge is 0.423 e. The molecule has 8 rings (SSSR count). The summed E-state index contributed by atoms with van der Waals surface area (Å²) in [6.07, 6.45) is 3.02. The van der Waals surface area contributed by atoms with Gasteiger partial charge in [0.25, 0.3) is 11.1 Å². The molecule has 4 aromatic carbocycles. The second-order valence-electron chi connectivity index (χ2n) is 9.75. The van der Waals surface area contributed by atoms with E-state index in [0.29, 0.717) is 38.7 Å². The van der Waals surface area contributed by atoms with Gasteiger partial charge in [-0.1, -0.05) is 36.4 Å². The topological polar surface area (TPSA) is 95.8 Å². The van der Waals surface area contributed by atoms with Crippen LogP contribution in [0.4, 0.5) is 0 Å². The van der Waals surface area contributed by atoms with Crippen LogP contribution >= 0.6 is 0 Å². The summed E-state index contributed by atoms with van der Waals surface area (Å²) >= 11 is 0. The molecule has 4 aromatic heterocycles. The molecular formula is C33H19N5O3. The Kier molecular flexibility index (Phi) is 4.96. The standard InChI is InChI=1S/C33H19N5O3/c39-32-24-14-13-20(31-36-35-19-41-31)16-25(24)26-17-27-23-12-7-15-34-30(23)37(21-8-3-1-4-9-21)29(27)18-28(26)33(40)38(32)22-10-5-2-6-11-22/h1-19H. The summed E-state index contributed by atoms with van der Waals surface area (Å²) in [5, 5.41) is 11.7. The lowest BCUT2D eigenvalue weighted by Gasteiger charge is -2.07. The third-order valence-corrected chi connectivity index (χ3v) is 7.48. The van der Waals surface area contributed by atoms with Crippen LogP contribution in [0.15, 0.2) is 130 Å². The fourth-order valence-electron chi connectivity index (χ4n) is 5.66. The molecule has 0 unspecified atom stereocenters. The van der Waals surface area contributed by atoms with Crippen molar-refractivity contribution in [3.63, 3.8) is 0 Å². The molecule has 8 aromatic rings. The van der Waals surface area contributed by atoms with Gasteiger partial charge in [0.1, 0.15) is 5.65 Å². The van der Waals surface area contributed by atoms with E-state index < -0.39 is 11.1 Å². The Morgan fingerprint density at radius 3 is 2.02 bits per heavy atom. The van der Waals surface area contributed by atoms with Gasteiger partial charge in [-0.25, -0.2) is 9.55 Å². The molecular weight excluding hydrogens is 514 g/mol. The minimum absolute atomic E-state index is 0.322. The second-order valence-corrected chi connectivity index (χ2v) is 9.75. The average molecular weight is 534 g/mol. The van der Waals surface area contributed by atoms with Crippen molar-refractivity contribution in [1.29, 1.82) is 0 Å². The first-order valence-electron chi connectivity index (χ1n) is 13.0. The van der Waals surface area contributed by atoms with Crippen LogP contribution < -0.4 is 11.1 Å². The zero-order chi connectivity index (χ0) is 27.5. The third kappa shape index (κ3) is 3.44. The summed E-state index contributed by atoms with van der Waals surface area (Å²) in [5.74, 6) is 0.322. The first-order valence-corrected chi connectivity index (χ1v) is 13.0. The SMILES string of the molecule is O=c1c2ccc(-c3nnco3)cc2c2cc3c4cccnc4n(-c4ccccc4)c3cc2c(=O)n1-c1ccccc1. The van der Waals surface area contributed by atoms with Crippen molar-refractivity contribution in [3.05, 3.63) is 136 Å². The van der Waals surface area contributed by atoms with Crippen molar-refractivity contribution >= 4 is 43.5 Å². The summed E-state index contributed by atoms with van der Waals surface area (Å²) < 4.78 is 8.75. The molecule has 8 heteroatoms. The Balaban J connectivity index is 1.62. The van der Waals surface area contributed by atoms with Gasteiger partial charge in [0.2, 0.25) is 12.3 Å². The lowest BCUT2D eigenvalue weighted by molar-refractivity contribution is 0.569. The van der Waals surface area contributed by atoms with Crippen LogP contribution in [0.3, 0.4) is 0 Å². The number of pyridine rings is 1. The van der Waals surface area contributed by atoms with E-state index in [9.17, 15) is 9.59 Å². The predicted octanol–water partition coefficient (Wildman–Crippen LogP) is 6.05. The monoisotopic (exact) mass is 533 g/mol. The van der Waals surface area contributed by atoms with Gasteiger partial charge in [-0.05, 0) is 77.5 Å². The van der Waals surface area contributed by atoms with E-state index in [0.717, 1.165) is 27.6 Å². The van der Waals surface area contributed by atoms with Crippen molar-refractivity contribution in [2.45, 2.75) is 0 Å². The maximum Gasteiger partial charge on any atom is 0.266 e. The molecule has 0 saturated carbocycles. The quantitative estimate of drug-likeness (QED) is 0.275. The molecule has 0 spiro atoms. The number of aromatic nitrogens is 5. The van der Waals surface area contributed by atoms with Gasteiger partial charge in [-0.3, -0.25) is 14.2 Å². The molecule has 0 atom stereocenters. The van der Waals surface area contributed by atoms with Crippen LogP contribution in [-0.4, -0.2) is 24.3 Å². The minimum Gasteiger partial charge on any atom is -0.423 e. The molecule has 4 heterocycles. The van der Waals surface area contributed by atoms with Crippen LogP contribution in [0.25, 0.3) is 66.3 Å². The molecule has 41 heavy (non-hydrogen) atoms. The Morgan fingerprint density at radius 1 is 0.585 bits per heavy atom. The van der Waals surface area contributed by atoms with E-state index in [1.165, 1.54) is 11.0 Å². The first kappa shape index (κ1) is 23.0. The Labute approximate surface area is 231 Å². The molecule has 0 N–H and O–H groups in total. The number of hydrogen-bond acceptors (Lipinski definition) is 6. The van der Waals surface area contributed by atoms with Crippen molar-refractivity contribution < 1.29 is 4.42 Å². The van der Waals surface area contributed by atoms with Gasteiger partial charge in [-0.15, -0.1) is 10.2 Å². The number of para-hydroxylation sites is 2. The predicted molar refractivity (Wildman–Crippen MR) is 159 cm³/mol. The summed E-state index contributed by atoms with van der Waals surface area (Å²) in [4.78, 5) is 33.2. The number of hydrogen-bond donors (Lipinski definition) is 0. The van der Waals surface area contributed by atoms with Gasteiger partial charge < -0.3 is 4.42 Å². The van der Waals surface area contributed by atoms with Crippen molar-refractivity contribution in [2.24, 2.45) is 0 Å². The summed E-state index contributed by atoms with van der Waals surface area (Å²) in [5.41, 5.74) is 2.83. The smallest absolute Gasteiger partial charge is 0.266 e. The summed E-state index contributed by atoms with van der Waals surface area (Å²) in [6.45, 7) is 0. The van der Waals surface area contributed by atoms with Crippen LogP contribution in [-0.2, 0) is 0 Å². The fourth-order valence-corrected chi connectivity index (χ4v) is 5.66. The molecule has 0 saturated heterocycles.